The van der Waals surface area contributed by atoms with Crippen LogP contribution in [0.2, 0.25) is 0 Å². The summed E-state index contributed by atoms with van der Waals surface area (Å²) in [4.78, 5) is 28.9. The molecule has 0 bridgehead atoms. The van der Waals surface area contributed by atoms with E-state index >= 15 is 0 Å². The van der Waals surface area contributed by atoms with Crippen molar-refractivity contribution in [3.63, 3.8) is 0 Å². The van der Waals surface area contributed by atoms with E-state index in [-0.39, 0.29) is 16.7 Å². The Labute approximate surface area is 140 Å². The Kier molecular flexibility index (Phi) is 3.87. The lowest BCUT2D eigenvalue weighted by atomic mass is 9.84. The number of rotatable bonds is 2. The second-order valence-corrected chi connectivity index (χ2v) is 8.14. The lowest BCUT2D eigenvalue weighted by molar-refractivity contribution is -0.139. The van der Waals surface area contributed by atoms with E-state index in [1.807, 2.05) is 21.6 Å². The molecule has 1 aromatic heterocycles. The van der Waals surface area contributed by atoms with Gasteiger partial charge >= 0.3 is 0 Å². The predicted molar refractivity (Wildman–Crippen MR) is 88.1 cm³/mol. The number of thioether (sulfide) groups is 1. The molecule has 3 fully saturated rings. The van der Waals surface area contributed by atoms with Gasteiger partial charge in [-0.2, -0.15) is 0 Å². The largest absolute Gasteiger partial charge is 0.459 e. The molecule has 2 saturated heterocycles. The van der Waals surface area contributed by atoms with E-state index in [0.29, 0.717) is 11.7 Å². The van der Waals surface area contributed by atoms with Crippen molar-refractivity contribution >= 4 is 23.6 Å². The van der Waals surface area contributed by atoms with Crippen LogP contribution in [0, 0.1) is 5.92 Å². The standard InChI is InChI=1S/C17H22N2O3S/c20-15(13-3-1-4-13)18-8-6-17(7-9-18)19(10-12-23-17)16(21)14-5-2-11-22-14/h2,5,11,13H,1,3-4,6-10,12H2. The van der Waals surface area contributed by atoms with Crippen molar-refractivity contribution in [3.8, 4) is 0 Å². The highest BCUT2D eigenvalue weighted by Gasteiger charge is 2.48. The van der Waals surface area contributed by atoms with Crippen LogP contribution in [0.1, 0.15) is 42.7 Å². The van der Waals surface area contributed by atoms with Gasteiger partial charge in [0.2, 0.25) is 5.91 Å². The average Bonchev–Trinajstić information content (AvgIpc) is 3.16. The lowest BCUT2D eigenvalue weighted by Crippen LogP contribution is -2.54. The van der Waals surface area contributed by atoms with Gasteiger partial charge in [-0.3, -0.25) is 9.59 Å². The molecule has 0 radical (unpaired) electrons. The first kappa shape index (κ1) is 15.1. The first-order valence-electron chi connectivity index (χ1n) is 8.48. The predicted octanol–water partition coefficient (Wildman–Crippen LogP) is 2.59. The second kappa shape index (κ2) is 5.89. The molecule has 1 aliphatic carbocycles. The summed E-state index contributed by atoms with van der Waals surface area (Å²) in [5, 5.41) is 0. The van der Waals surface area contributed by atoms with E-state index in [1.165, 1.54) is 6.42 Å². The molecule has 23 heavy (non-hydrogen) atoms. The molecule has 0 atom stereocenters. The van der Waals surface area contributed by atoms with Gasteiger partial charge in [-0.15, -0.1) is 11.8 Å². The van der Waals surface area contributed by atoms with E-state index in [2.05, 4.69) is 0 Å². The van der Waals surface area contributed by atoms with Crippen LogP contribution in [0.25, 0.3) is 0 Å². The van der Waals surface area contributed by atoms with Gasteiger partial charge in [0.1, 0.15) is 0 Å². The minimum Gasteiger partial charge on any atom is -0.459 e. The molecule has 2 amide bonds. The Bertz CT molecular complexity index is 589. The summed E-state index contributed by atoms with van der Waals surface area (Å²) in [6.07, 6.45) is 6.57. The minimum absolute atomic E-state index is 0.0150. The molecule has 124 valence electrons. The molecular formula is C17H22N2O3S. The number of hydrogen-bond donors (Lipinski definition) is 0. The maximum atomic E-state index is 12.7. The molecular weight excluding hydrogens is 312 g/mol. The van der Waals surface area contributed by atoms with Crippen molar-refractivity contribution < 1.29 is 14.0 Å². The third-order valence-electron chi connectivity index (χ3n) is 5.47. The Morgan fingerprint density at radius 2 is 2.00 bits per heavy atom. The van der Waals surface area contributed by atoms with Gasteiger partial charge in [-0.25, -0.2) is 0 Å². The molecule has 4 rings (SSSR count). The summed E-state index contributed by atoms with van der Waals surface area (Å²) in [7, 11) is 0. The summed E-state index contributed by atoms with van der Waals surface area (Å²) < 4.78 is 5.29. The Morgan fingerprint density at radius 3 is 2.61 bits per heavy atom. The van der Waals surface area contributed by atoms with Crippen molar-refractivity contribution in [1.29, 1.82) is 0 Å². The maximum Gasteiger partial charge on any atom is 0.290 e. The van der Waals surface area contributed by atoms with Crippen molar-refractivity contribution in [3.05, 3.63) is 24.2 Å². The van der Waals surface area contributed by atoms with Crippen LogP contribution in [0.3, 0.4) is 0 Å². The Morgan fingerprint density at radius 1 is 1.22 bits per heavy atom. The van der Waals surface area contributed by atoms with Crippen molar-refractivity contribution in [2.24, 2.45) is 5.92 Å². The number of furan rings is 1. The van der Waals surface area contributed by atoms with Crippen molar-refractivity contribution in [2.45, 2.75) is 37.0 Å². The molecule has 0 unspecified atom stereocenters. The number of hydrogen-bond acceptors (Lipinski definition) is 4. The molecule has 0 aromatic carbocycles. The van der Waals surface area contributed by atoms with Gasteiger partial charge in [-0.1, -0.05) is 6.42 Å². The maximum absolute atomic E-state index is 12.7. The number of piperidine rings is 1. The number of nitrogens with zero attached hydrogens (tertiary/aromatic N) is 2. The molecule has 3 heterocycles. The molecule has 5 nitrogen and oxygen atoms in total. The average molecular weight is 334 g/mol. The summed E-state index contributed by atoms with van der Waals surface area (Å²) in [5.41, 5.74) is 0. The topological polar surface area (TPSA) is 53.8 Å². The zero-order valence-corrected chi connectivity index (χ0v) is 14.0. The van der Waals surface area contributed by atoms with Crippen LogP contribution in [0.4, 0.5) is 0 Å². The van der Waals surface area contributed by atoms with Crippen molar-refractivity contribution in [2.75, 3.05) is 25.4 Å². The second-order valence-electron chi connectivity index (χ2n) is 6.68. The molecule has 6 heteroatoms. The number of carbonyl (C=O) groups is 2. The molecule has 0 N–H and O–H groups in total. The molecule has 2 aliphatic heterocycles. The highest BCUT2D eigenvalue weighted by Crippen LogP contribution is 2.45. The smallest absolute Gasteiger partial charge is 0.290 e. The fraction of sp³-hybridized carbons (Fsp3) is 0.647. The van der Waals surface area contributed by atoms with Crippen LogP contribution < -0.4 is 0 Å². The molecule has 1 spiro atoms. The summed E-state index contributed by atoms with van der Waals surface area (Å²) in [5.74, 6) is 1.96. The third kappa shape index (κ3) is 2.57. The SMILES string of the molecule is O=C(C1CCC1)N1CCC2(CC1)SCCN2C(=O)c1ccco1. The van der Waals surface area contributed by atoms with Crippen LogP contribution in [-0.2, 0) is 4.79 Å². The highest BCUT2D eigenvalue weighted by atomic mass is 32.2. The summed E-state index contributed by atoms with van der Waals surface area (Å²) in [6, 6.07) is 3.48. The first-order valence-corrected chi connectivity index (χ1v) is 9.46. The number of carbonyl (C=O) groups excluding carboxylic acids is 2. The van der Waals surface area contributed by atoms with Crippen LogP contribution in [-0.4, -0.2) is 51.9 Å². The minimum atomic E-state index is -0.153. The number of amides is 2. The summed E-state index contributed by atoms with van der Waals surface area (Å²) in [6.45, 7) is 2.30. The normalized spacial score (nSPS) is 24.0. The van der Waals surface area contributed by atoms with E-state index in [1.54, 1.807) is 18.4 Å². The first-order chi connectivity index (χ1) is 11.2. The highest BCUT2D eigenvalue weighted by molar-refractivity contribution is 8.00. The van der Waals surface area contributed by atoms with Crippen LogP contribution in [0.5, 0.6) is 0 Å². The Hall–Kier alpha value is -1.43. The van der Waals surface area contributed by atoms with Crippen molar-refractivity contribution in [1.82, 2.24) is 9.80 Å². The molecule has 1 saturated carbocycles. The van der Waals surface area contributed by atoms with Gasteiger partial charge in [0.15, 0.2) is 5.76 Å². The zero-order valence-electron chi connectivity index (χ0n) is 13.2. The molecule has 3 aliphatic rings. The fourth-order valence-electron chi connectivity index (χ4n) is 3.83. The van der Waals surface area contributed by atoms with E-state index in [0.717, 1.165) is 51.1 Å². The van der Waals surface area contributed by atoms with E-state index in [4.69, 9.17) is 4.42 Å². The van der Waals surface area contributed by atoms with Gasteiger partial charge in [0.25, 0.3) is 5.91 Å². The number of likely N-dealkylation sites (tertiary alicyclic amines) is 1. The molecule has 1 aromatic rings. The zero-order chi connectivity index (χ0) is 15.9. The van der Waals surface area contributed by atoms with Gasteiger partial charge < -0.3 is 14.2 Å². The van der Waals surface area contributed by atoms with Crippen LogP contribution >= 0.6 is 11.8 Å². The van der Waals surface area contributed by atoms with E-state index in [9.17, 15) is 9.59 Å². The third-order valence-corrected chi connectivity index (χ3v) is 7.02. The van der Waals surface area contributed by atoms with Gasteiger partial charge in [-0.05, 0) is 37.8 Å². The van der Waals surface area contributed by atoms with Gasteiger partial charge in [0.05, 0.1) is 11.1 Å². The monoisotopic (exact) mass is 334 g/mol. The lowest BCUT2D eigenvalue weighted by Gasteiger charge is -2.45. The summed E-state index contributed by atoms with van der Waals surface area (Å²) >= 11 is 1.87. The fourth-order valence-corrected chi connectivity index (χ4v) is 5.29. The quantitative estimate of drug-likeness (QED) is 0.834. The van der Waals surface area contributed by atoms with Crippen LogP contribution in [0.15, 0.2) is 22.8 Å². The Balaban J connectivity index is 1.44. The van der Waals surface area contributed by atoms with E-state index < -0.39 is 0 Å². The van der Waals surface area contributed by atoms with Gasteiger partial charge in [0, 0.05) is 31.3 Å².